The average Bonchev–Trinajstić information content (AvgIpc) is 2.91. The van der Waals surface area contributed by atoms with Gasteiger partial charge in [0.25, 0.3) is 11.8 Å². The van der Waals surface area contributed by atoms with E-state index in [2.05, 4.69) is 6.58 Å². The van der Waals surface area contributed by atoms with Crippen LogP contribution in [0.25, 0.3) is 0 Å². The molecule has 2 aliphatic rings. The Kier molecular flexibility index (Phi) is 5.10. The van der Waals surface area contributed by atoms with E-state index in [1.54, 1.807) is 18.2 Å². The third kappa shape index (κ3) is 2.82. The summed E-state index contributed by atoms with van der Waals surface area (Å²) in [6.07, 6.45) is 3.15. The molecule has 1 saturated heterocycles. The summed E-state index contributed by atoms with van der Waals surface area (Å²) in [6, 6.07) is 9.51. The highest BCUT2D eigenvalue weighted by atomic mass is 35.5. The van der Waals surface area contributed by atoms with E-state index in [-0.39, 0.29) is 29.2 Å². The SMILES string of the molecule is C=CC1=CC[C@@]2(Cl)C(=O)N(c3ccc(F)cc3)C(=O)[C@@]2(Cl)[C@H]1c1c(O)cccc1OC. The first-order chi connectivity index (χ1) is 14.7. The summed E-state index contributed by atoms with van der Waals surface area (Å²) in [5.74, 6) is -2.94. The van der Waals surface area contributed by atoms with Crippen molar-refractivity contribution in [2.75, 3.05) is 12.0 Å². The Morgan fingerprint density at radius 2 is 1.87 bits per heavy atom. The molecule has 5 nitrogen and oxygen atoms in total. The van der Waals surface area contributed by atoms with Gasteiger partial charge in [-0.3, -0.25) is 9.59 Å². The first-order valence-electron chi connectivity index (χ1n) is 9.41. The van der Waals surface area contributed by atoms with Crippen molar-refractivity contribution in [1.82, 2.24) is 0 Å². The standard InChI is InChI=1S/C23H18Cl2FNO4/c1-3-13-11-12-22(24)20(29)27(15-9-7-14(26)8-10-15)21(30)23(22,25)19(13)18-16(28)5-4-6-17(18)31-2/h3-11,19,28H,1,12H2,2H3/t19-,22-,23+/m1/s1. The fourth-order valence-corrected chi connectivity index (χ4v) is 5.17. The summed E-state index contributed by atoms with van der Waals surface area (Å²) in [4.78, 5) is 24.2. The molecule has 8 heteroatoms. The van der Waals surface area contributed by atoms with Crippen LogP contribution in [-0.2, 0) is 9.59 Å². The second kappa shape index (κ2) is 7.39. The van der Waals surface area contributed by atoms with Crippen LogP contribution >= 0.6 is 23.2 Å². The first-order valence-corrected chi connectivity index (χ1v) is 10.2. The van der Waals surface area contributed by atoms with E-state index >= 15 is 0 Å². The van der Waals surface area contributed by atoms with Crippen molar-refractivity contribution < 1.29 is 23.8 Å². The Balaban J connectivity index is 1.97. The zero-order valence-electron chi connectivity index (χ0n) is 16.4. The summed E-state index contributed by atoms with van der Waals surface area (Å²) in [5, 5.41) is 10.7. The number of anilines is 1. The monoisotopic (exact) mass is 461 g/mol. The minimum absolute atomic E-state index is 0.0336. The number of carbonyl (C=O) groups excluding carboxylic acids is 2. The molecule has 2 aromatic carbocycles. The Labute approximate surface area is 188 Å². The third-order valence-electron chi connectivity index (χ3n) is 5.86. The number of phenolic OH excluding ortho intramolecular Hbond substituents is 1. The molecule has 0 radical (unpaired) electrons. The minimum atomic E-state index is -2.00. The maximum atomic E-state index is 13.7. The molecular weight excluding hydrogens is 444 g/mol. The molecule has 4 rings (SSSR count). The van der Waals surface area contributed by atoms with Crippen LogP contribution in [0.4, 0.5) is 10.1 Å². The number of halogens is 3. The first kappa shape index (κ1) is 21.4. The van der Waals surface area contributed by atoms with Gasteiger partial charge in [-0.2, -0.15) is 0 Å². The number of methoxy groups -OCH3 is 1. The van der Waals surface area contributed by atoms with Crippen molar-refractivity contribution in [3.05, 3.63) is 78.1 Å². The second-order valence-corrected chi connectivity index (χ2v) is 8.61. The molecule has 0 saturated carbocycles. The van der Waals surface area contributed by atoms with Crippen LogP contribution in [0.1, 0.15) is 17.9 Å². The van der Waals surface area contributed by atoms with E-state index in [4.69, 9.17) is 27.9 Å². The number of hydrogen-bond acceptors (Lipinski definition) is 4. The molecule has 0 bridgehead atoms. The fourth-order valence-electron chi connectivity index (χ4n) is 4.34. The average molecular weight is 462 g/mol. The van der Waals surface area contributed by atoms with Gasteiger partial charge >= 0.3 is 0 Å². The van der Waals surface area contributed by atoms with Crippen LogP contribution in [-0.4, -0.2) is 33.8 Å². The summed E-state index contributed by atoms with van der Waals surface area (Å²) < 4.78 is 18.8. The Bertz CT molecular complexity index is 1130. The van der Waals surface area contributed by atoms with Gasteiger partial charge in [-0.25, -0.2) is 9.29 Å². The lowest BCUT2D eigenvalue weighted by atomic mass is 9.68. The molecule has 1 heterocycles. The van der Waals surface area contributed by atoms with E-state index in [0.29, 0.717) is 5.57 Å². The summed E-state index contributed by atoms with van der Waals surface area (Å²) >= 11 is 13.9. The molecule has 2 amide bonds. The maximum absolute atomic E-state index is 13.7. The number of carbonyl (C=O) groups is 2. The lowest BCUT2D eigenvalue weighted by Gasteiger charge is -2.42. The molecule has 2 aromatic rings. The number of fused-ring (bicyclic) bond motifs is 1. The van der Waals surface area contributed by atoms with Gasteiger partial charge in [-0.15, -0.1) is 23.2 Å². The number of imide groups is 1. The van der Waals surface area contributed by atoms with E-state index in [1.165, 1.54) is 31.4 Å². The van der Waals surface area contributed by atoms with Crippen LogP contribution in [0.3, 0.4) is 0 Å². The highest BCUT2D eigenvalue weighted by Crippen LogP contribution is 2.61. The Morgan fingerprint density at radius 1 is 1.19 bits per heavy atom. The molecule has 1 fully saturated rings. The fraction of sp³-hybridized carbons (Fsp3) is 0.217. The number of alkyl halides is 2. The highest BCUT2D eigenvalue weighted by Gasteiger charge is 2.73. The number of rotatable bonds is 4. The number of amides is 2. The highest BCUT2D eigenvalue weighted by molar-refractivity contribution is 6.58. The number of allylic oxidation sites excluding steroid dienone is 3. The molecule has 31 heavy (non-hydrogen) atoms. The smallest absolute Gasteiger partial charge is 0.258 e. The van der Waals surface area contributed by atoms with E-state index in [1.807, 2.05) is 0 Å². The van der Waals surface area contributed by atoms with Crippen LogP contribution in [0, 0.1) is 5.82 Å². The van der Waals surface area contributed by atoms with Crippen molar-refractivity contribution in [2.45, 2.75) is 22.1 Å². The largest absolute Gasteiger partial charge is 0.508 e. The van der Waals surface area contributed by atoms with Crippen LogP contribution < -0.4 is 9.64 Å². The summed E-state index contributed by atoms with van der Waals surface area (Å²) in [5.41, 5.74) is 0.889. The number of aromatic hydroxyl groups is 1. The van der Waals surface area contributed by atoms with E-state index < -0.39 is 33.3 Å². The maximum Gasteiger partial charge on any atom is 0.258 e. The van der Waals surface area contributed by atoms with Gasteiger partial charge in [-0.05, 0) is 48.4 Å². The summed E-state index contributed by atoms with van der Waals surface area (Å²) in [7, 11) is 1.42. The van der Waals surface area contributed by atoms with Gasteiger partial charge in [0, 0.05) is 11.5 Å². The van der Waals surface area contributed by atoms with Crippen LogP contribution in [0.2, 0.25) is 0 Å². The molecule has 3 atom stereocenters. The van der Waals surface area contributed by atoms with Crippen molar-refractivity contribution in [3.63, 3.8) is 0 Å². The summed E-state index contributed by atoms with van der Waals surface area (Å²) in [6.45, 7) is 3.80. The number of hydrogen-bond donors (Lipinski definition) is 1. The van der Waals surface area contributed by atoms with Gasteiger partial charge < -0.3 is 9.84 Å². The van der Waals surface area contributed by atoms with Gasteiger partial charge in [-0.1, -0.05) is 24.8 Å². The lowest BCUT2D eigenvalue weighted by molar-refractivity contribution is -0.122. The van der Waals surface area contributed by atoms with Crippen molar-refractivity contribution in [1.29, 1.82) is 0 Å². The quantitative estimate of drug-likeness (QED) is 0.530. The second-order valence-electron chi connectivity index (χ2n) is 7.37. The number of benzene rings is 2. The van der Waals surface area contributed by atoms with E-state index in [9.17, 15) is 19.1 Å². The molecule has 160 valence electrons. The molecular formula is C23H18Cl2FNO4. The molecule has 1 aliphatic heterocycles. The van der Waals surface area contributed by atoms with Crippen molar-refractivity contribution in [2.24, 2.45) is 0 Å². The van der Waals surface area contributed by atoms with Gasteiger partial charge in [0.1, 0.15) is 17.3 Å². The van der Waals surface area contributed by atoms with E-state index in [0.717, 1.165) is 17.0 Å². The minimum Gasteiger partial charge on any atom is -0.508 e. The normalized spacial score (nSPS) is 27.7. The molecule has 0 aromatic heterocycles. The van der Waals surface area contributed by atoms with Gasteiger partial charge in [0.2, 0.25) is 0 Å². The van der Waals surface area contributed by atoms with Crippen molar-refractivity contribution in [3.8, 4) is 11.5 Å². The predicted octanol–water partition coefficient (Wildman–Crippen LogP) is 4.67. The number of nitrogens with zero attached hydrogens (tertiary/aromatic N) is 1. The molecule has 0 unspecified atom stereocenters. The third-order valence-corrected chi connectivity index (χ3v) is 7.27. The topological polar surface area (TPSA) is 66.8 Å². The number of phenols is 1. The Hall–Kier alpha value is -2.83. The molecule has 0 spiro atoms. The number of ether oxygens (including phenoxy) is 1. The van der Waals surface area contributed by atoms with Crippen LogP contribution in [0.15, 0.2) is 66.8 Å². The predicted molar refractivity (Wildman–Crippen MR) is 116 cm³/mol. The van der Waals surface area contributed by atoms with Gasteiger partial charge in [0.15, 0.2) is 9.75 Å². The molecule has 1 N–H and O–H groups in total. The molecule has 1 aliphatic carbocycles. The Morgan fingerprint density at radius 3 is 2.48 bits per heavy atom. The van der Waals surface area contributed by atoms with Crippen molar-refractivity contribution >= 4 is 40.7 Å². The van der Waals surface area contributed by atoms with Crippen LogP contribution in [0.5, 0.6) is 11.5 Å². The zero-order valence-corrected chi connectivity index (χ0v) is 18.0. The zero-order chi connectivity index (χ0) is 22.6. The lowest BCUT2D eigenvalue weighted by Crippen LogP contribution is -2.55. The van der Waals surface area contributed by atoms with Gasteiger partial charge in [0.05, 0.1) is 12.8 Å².